The summed E-state index contributed by atoms with van der Waals surface area (Å²) < 4.78 is 45.4. The van der Waals surface area contributed by atoms with Gasteiger partial charge in [0.1, 0.15) is 23.7 Å². The Balaban J connectivity index is 0.839. The number of para-hydroxylation sites is 1. The van der Waals surface area contributed by atoms with E-state index in [4.69, 9.17) is 37.9 Å². The van der Waals surface area contributed by atoms with E-state index in [9.17, 15) is 38.4 Å². The van der Waals surface area contributed by atoms with Crippen molar-refractivity contribution in [1.82, 2.24) is 4.98 Å². The van der Waals surface area contributed by atoms with Gasteiger partial charge in [-0.05, 0) is 159 Å². The highest BCUT2D eigenvalue weighted by atomic mass is 32.1. The molecule has 2 aromatic carbocycles. The molecule has 78 heavy (non-hydrogen) atoms. The summed E-state index contributed by atoms with van der Waals surface area (Å²) in [5.41, 5.74) is 4.14. The van der Waals surface area contributed by atoms with Crippen LogP contribution >= 0.6 is 11.3 Å². The lowest BCUT2D eigenvalue weighted by Gasteiger charge is -2.30. The lowest BCUT2D eigenvalue weighted by Crippen LogP contribution is -2.33. The molecule has 0 spiro atoms. The van der Waals surface area contributed by atoms with E-state index in [0.29, 0.717) is 139 Å². The quantitative estimate of drug-likeness (QED) is 0.0158. The molecule has 19 nitrogen and oxygen atoms in total. The zero-order valence-corrected chi connectivity index (χ0v) is 44.9. The van der Waals surface area contributed by atoms with Crippen molar-refractivity contribution in [1.29, 1.82) is 0 Å². The average Bonchev–Trinajstić information content (AvgIpc) is 3.91. The third-order valence-corrected chi connectivity index (χ3v) is 15.8. The van der Waals surface area contributed by atoms with Crippen molar-refractivity contribution in [2.45, 2.75) is 141 Å². The SMILES string of the molecule is C=CC(=O)OCCCCOC(=O)C1CCC(C(=O)OC2CCC(C(=O)Oc3ccc(OC(=O)C4CCC(OC(=O)C5CCC(C(=O)OCCCCOC(=O)C=C)CC5)CC4)c(/C=N/Nc4nc5ccccc5s4)c3)CC2)CC1. The molecule has 4 saturated carbocycles. The minimum Gasteiger partial charge on any atom is -0.465 e. The third kappa shape index (κ3) is 18.1. The standard InChI is InChI=1S/C58H71N3O16S/c1-3-50(62)70-31-7-9-33-72-52(64)37-13-17-39(18-14-37)54(66)74-44-25-21-41(22-26-44)56(68)76-46-29-30-48(43(35-46)36-59-61-58-60-47-11-5-6-12-49(47)78-58)77-57(69)42-23-27-45(28-24-42)75-55(67)40-19-15-38(16-20-40)53(65)73-34-10-8-32-71-51(63)4-2/h3-6,11-12,29-30,35-42,44-45H,1-2,7-10,13-28,31-34H2,(H,60,61)/b59-36+. The predicted molar refractivity (Wildman–Crippen MR) is 286 cm³/mol. The first-order valence-corrected chi connectivity index (χ1v) is 28.2. The fraction of sp³-hybridized carbons (Fsp3) is 0.552. The summed E-state index contributed by atoms with van der Waals surface area (Å²) >= 11 is 1.42. The van der Waals surface area contributed by atoms with E-state index in [1.165, 1.54) is 17.6 Å². The van der Waals surface area contributed by atoms with Crippen LogP contribution in [0.25, 0.3) is 10.2 Å². The van der Waals surface area contributed by atoms with E-state index >= 15 is 0 Å². The van der Waals surface area contributed by atoms with Gasteiger partial charge in [-0.1, -0.05) is 36.6 Å². The van der Waals surface area contributed by atoms with E-state index in [2.05, 4.69) is 28.7 Å². The fourth-order valence-corrected chi connectivity index (χ4v) is 11.0. The van der Waals surface area contributed by atoms with Crippen molar-refractivity contribution in [3.8, 4) is 11.5 Å². The van der Waals surface area contributed by atoms with Crippen LogP contribution in [0.15, 0.2) is 72.9 Å². The molecule has 4 fully saturated rings. The molecular weight excluding hydrogens is 1030 g/mol. The van der Waals surface area contributed by atoms with E-state index < -0.39 is 35.7 Å². The molecule has 0 radical (unpaired) electrons. The van der Waals surface area contributed by atoms with Gasteiger partial charge in [0.2, 0.25) is 5.13 Å². The van der Waals surface area contributed by atoms with Crippen LogP contribution in [-0.2, 0) is 66.8 Å². The summed E-state index contributed by atoms with van der Waals surface area (Å²) in [5, 5.41) is 4.95. The molecule has 7 rings (SSSR count). The number of benzene rings is 2. The number of nitrogens with zero attached hydrogens (tertiary/aromatic N) is 2. The number of hydrogen-bond acceptors (Lipinski definition) is 20. The number of carbonyl (C=O) groups is 8. The summed E-state index contributed by atoms with van der Waals surface area (Å²) in [6, 6.07) is 12.4. The number of rotatable bonds is 25. The van der Waals surface area contributed by atoms with Crippen molar-refractivity contribution in [2.24, 2.45) is 40.6 Å². The molecule has 1 heterocycles. The highest BCUT2D eigenvalue weighted by Gasteiger charge is 2.37. The van der Waals surface area contributed by atoms with Crippen molar-refractivity contribution in [2.75, 3.05) is 31.9 Å². The smallest absolute Gasteiger partial charge is 0.330 e. The Kier molecular flexibility index (Phi) is 22.8. The molecule has 0 aliphatic heterocycles. The van der Waals surface area contributed by atoms with Crippen molar-refractivity contribution >= 4 is 80.7 Å². The fourth-order valence-electron chi connectivity index (χ4n) is 10.2. The number of esters is 8. The van der Waals surface area contributed by atoms with Gasteiger partial charge >= 0.3 is 47.8 Å². The highest BCUT2D eigenvalue weighted by molar-refractivity contribution is 7.22. The topological polar surface area (TPSA) is 248 Å². The van der Waals surface area contributed by atoms with Crippen LogP contribution in [0.3, 0.4) is 0 Å². The van der Waals surface area contributed by atoms with Gasteiger partial charge in [0, 0.05) is 17.7 Å². The monoisotopic (exact) mass is 1100 g/mol. The number of hydrogen-bond donors (Lipinski definition) is 1. The van der Waals surface area contributed by atoms with Gasteiger partial charge in [0.25, 0.3) is 0 Å². The van der Waals surface area contributed by atoms with Gasteiger partial charge in [-0.3, -0.25) is 34.2 Å². The van der Waals surface area contributed by atoms with Gasteiger partial charge in [-0.2, -0.15) is 5.10 Å². The van der Waals surface area contributed by atoms with Gasteiger partial charge < -0.3 is 37.9 Å². The Morgan fingerprint density at radius 3 is 1.42 bits per heavy atom. The average molecular weight is 1100 g/mol. The minimum atomic E-state index is -0.490. The second-order valence-corrected chi connectivity index (χ2v) is 21.3. The summed E-state index contributed by atoms with van der Waals surface area (Å²) in [6.07, 6.45) is 13.3. The normalized spacial score (nSPS) is 23.2. The summed E-state index contributed by atoms with van der Waals surface area (Å²) in [7, 11) is 0. The highest BCUT2D eigenvalue weighted by Crippen LogP contribution is 2.36. The third-order valence-electron chi connectivity index (χ3n) is 14.8. The van der Waals surface area contributed by atoms with Gasteiger partial charge in [0.15, 0.2) is 0 Å². The molecule has 0 saturated heterocycles. The van der Waals surface area contributed by atoms with Crippen LogP contribution in [0.1, 0.15) is 134 Å². The molecular formula is C58H71N3O16S. The van der Waals surface area contributed by atoms with Gasteiger partial charge in [-0.25, -0.2) is 14.6 Å². The Morgan fingerprint density at radius 2 is 0.949 bits per heavy atom. The first kappa shape index (κ1) is 58.7. The Morgan fingerprint density at radius 1 is 0.526 bits per heavy atom. The second kappa shape index (κ2) is 30.3. The molecule has 3 aromatic rings. The first-order chi connectivity index (χ1) is 37.8. The number of hydrazone groups is 1. The van der Waals surface area contributed by atoms with E-state index in [0.717, 1.165) is 22.4 Å². The number of fused-ring (bicyclic) bond motifs is 1. The Bertz CT molecular complexity index is 2570. The Labute approximate surface area is 458 Å². The van der Waals surface area contributed by atoms with Crippen molar-refractivity contribution < 1.29 is 76.3 Å². The molecule has 1 N–H and O–H groups in total. The van der Waals surface area contributed by atoms with E-state index in [1.54, 1.807) is 18.2 Å². The van der Waals surface area contributed by atoms with Crippen LogP contribution in [0.5, 0.6) is 11.5 Å². The number of unbranched alkanes of at least 4 members (excludes halogenated alkanes) is 2. The summed E-state index contributed by atoms with van der Waals surface area (Å²) in [5.74, 6) is -4.59. The molecule has 1 aromatic heterocycles. The van der Waals surface area contributed by atoms with E-state index in [1.807, 2.05) is 24.3 Å². The summed E-state index contributed by atoms with van der Waals surface area (Å²) in [6.45, 7) is 7.63. The van der Waals surface area contributed by atoms with Gasteiger partial charge in [-0.15, -0.1) is 0 Å². The minimum absolute atomic E-state index is 0.211. The van der Waals surface area contributed by atoms with Gasteiger partial charge in [0.05, 0.1) is 78.4 Å². The number of anilines is 1. The van der Waals surface area contributed by atoms with Crippen LogP contribution in [0.2, 0.25) is 0 Å². The van der Waals surface area contributed by atoms with Crippen LogP contribution in [0, 0.1) is 35.5 Å². The number of aromatic nitrogens is 1. The zero-order chi connectivity index (χ0) is 55.2. The first-order valence-electron chi connectivity index (χ1n) is 27.4. The van der Waals surface area contributed by atoms with Crippen molar-refractivity contribution in [3.63, 3.8) is 0 Å². The second-order valence-electron chi connectivity index (χ2n) is 20.3. The largest absolute Gasteiger partial charge is 0.465 e. The Hall–Kier alpha value is -6.96. The zero-order valence-electron chi connectivity index (χ0n) is 44.1. The maximum atomic E-state index is 13.7. The number of nitrogens with one attached hydrogen (secondary N) is 1. The number of thiazole rings is 1. The molecule has 0 atom stereocenters. The van der Waals surface area contributed by atoms with E-state index in [-0.39, 0.29) is 97.7 Å². The number of carbonyl (C=O) groups excluding carboxylic acids is 8. The molecule has 4 aliphatic carbocycles. The number of ether oxygens (including phenoxy) is 8. The molecule has 4 aliphatic rings. The maximum absolute atomic E-state index is 13.7. The van der Waals surface area contributed by atoms with Crippen LogP contribution < -0.4 is 14.9 Å². The maximum Gasteiger partial charge on any atom is 0.330 e. The molecule has 0 amide bonds. The lowest BCUT2D eigenvalue weighted by atomic mass is 9.82. The lowest BCUT2D eigenvalue weighted by molar-refractivity contribution is -0.161. The predicted octanol–water partition coefficient (Wildman–Crippen LogP) is 9.48. The van der Waals surface area contributed by atoms with Crippen molar-refractivity contribution in [3.05, 3.63) is 73.3 Å². The van der Waals surface area contributed by atoms with Crippen LogP contribution in [-0.4, -0.2) is 97.6 Å². The molecule has 20 heteroatoms. The molecule has 0 bridgehead atoms. The van der Waals surface area contributed by atoms with Crippen LogP contribution in [0.4, 0.5) is 5.13 Å². The molecule has 420 valence electrons. The summed E-state index contributed by atoms with van der Waals surface area (Å²) in [4.78, 5) is 106. The molecule has 0 unspecified atom stereocenters.